The Bertz CT molecular complexity index is 841. The Morgan fingerprint density at radius 1 is 1.36 bits per heavy atom. The van der Waals surface area contributed by atoms with Gasteiger partial charge in [-0.3, -0.25) is 9.69 Å². The van der Waals surface area contributed by atoms with Gasteiger partial charge in [-0.05, 0) is 31.5 Å². The Kier molecular flexibility index (Phi) is 3.23. The van der Waals surface area contributed by atoms with E-state index in [-0.39, 0.29) is 11.6 Å². The molecule has 1 aliphatic heterocycles. The monoisotopic (exact) mass is 296 g/mol. The van der Waals surface area contributed by atoms with Crippen molar-refractivity contribution < 1.29 is 4.52 Å². The van der Waals surface area contributed by atoms with Gasteiger partial charge >= 0.3 is 0 Å². The summed E-state index contributed by atoms with van der Waals surface area (Å²) in [5.74, 6) is 0.748. The van der Waals surface area contributed by atoms with Crippen molar-refractivity contribution in [2.75, 3.05) is 6.54 Å². The molecule has 1 fully saturated rings. The second-order valence-corrected chi connectivity index (χ2v) is 5.63. The summed E-state index contributed by atoms with van der Waals surface area (Å²) in [4.78, 5) is 22.2. The number of aromatic nitrogens is 3. The van der Waals surface area contributed by atoms with Crippen LogP contribution in [0.15, 0.2) is 46.0 Å². The number of hydrogen-bond donors (Lipinski definition) is 1. The van der Waals surface area contributed by atoms with Gasteiger partial charge in [0, 0.05) is 12.1 Å². The zero-order chi connectivity index (χ0) is 14.9. The van der Waals surface area contributed by atoms with E-state index in [9.17, 15) is 4.79 Å². The maximum absolute atomic E-state index is 12.2. The number of aromatic amines is 1. The average molecular weight is 296 g/mol. The van der Waals surface area contributed by atoms with Crippen molar-refractivity contribution in [3.63, 3.8) is 0 Å². The second-order valence-electron chi connectivity index (χ2n) is 5.63. The number of hydrogen-bond acceptors (Lipinski definition) is 5. The van der Waals surface area contributed by atoms with E-state index in [1.54, 1.807) is 18.5 Å². The molecule has 0 saturated carbocycles. The minimum absolute atomic E-state index is 0.0718. The largest absolute Gasteiger partial charge is 0.364 e. The van der Waals surface area contributed by atoms with Crippen LogP contribution in [-0.4, -0.2) is 26.6 Å². The summed E-state index contributed by atoms with van der Waals surface area (Å²) < 4.78 is 4.89. The van der Waals surface area contributed by atoms with Crippen LogP contribution in [0.5, 0.6) is 0 Å². The molecule has 1 atom stereocenters. The Morgan fingerprint density at radius 2 is 2.27 bits per heavy atom. The lowest BCUT2D eigenvalue weighted by Gasteiger charge is -2.22. The quantitative estimate of drug-likeness (QED) is 0.802. The Balaban J connectivity index is 1.69. The molecule has 6 heteroatoms. The van der Waals surface area contributed by atoms with Crippen LogP contribution in [0.4, 0.5) is 0 Å². The lowest BCUT2D eigenvalue weighted by Crippen LogP contribution is -2.26. The summed E-state index contributed by atoms with van der Waals surface area (Å²) in [6.07, 6.45) is 5.47. The molecule has 6 nitrogen and oxygen atoms in total. The average Bonchev–Trinajstić information content (AvgIpc) is 3.19. The van der Waals surface area contributed by atoms with Crippen molar-refractivity contribution >= 4 is 10.9 Å². The number of rotatable bonds is 3. The van der Waals surface area contributed by atoms with Gasteiger partial charge in [0.15, 0.2) is 0 Å². The summed E-state index contributed by atoms with van der Waals surface area (Å²) in [6.45, 7) is 1.73. The molecule has 1 N–H and O–H groups in total. The van der Waals surface area contributed by atoms with Gasteiger partial charge in [0.25, 0.3) is 5.56 Å². The predicted molar refractivity (Wildman–Crippen MR) is 81.3 cm³/mol. The molecular weight excluding hydrogens is 280 g/mol. The highest BCUT2D eigenvalue weighted by Gasteiger charge is 2.28. The van der Waals surface area contributed by atoms with Crippen LogP contribution in [-0.2, 0) is 6.54 Å². The Morgan fingerprint density at radius 3 is 3.14 bits per heavy atom. The molecular formula is C16H16N4O2. The summed E-state index contributed by atoms with van der Waals surface area (Å²) in [5, 5.41) is 4.38. The number of nitrogens with one attached hydrogen (secondary N) is 1. The number of nitrogens with zero attached hydrogens (tertiary/aromatic N) is 3. The maximum Gasteiger partial charge on any atom is 0.258 e. The lowest BCUT2D eigenvalue weighted by atomic mass is 10.1. The molecule has 0 aliphatic carbocycles. The fourth-order valence-electron chi connectivity index (χ4n) is 3.13. The van der Waals surface area contributed by atoms with Gasteiger partial charge in [-0.2, -0.15) is 0 Å². The second kappa shape index (κ2) is 5.38. The zero-order valence-electron chi connectivity index (χ0n) is 12.0. The van der Waals surface area contributed by atoms with Crippen LogP contribution < -0.4 is 5.56 Å². The molecule has 3 heterocycles. The molecule has 22 heavy (non-hydrogen) atoms. The van der Waals surface area contributed by atoms with Gasteiger partial charge in [-0.1, -0.05) is 17.3 Å². The van der Waals surface area contributed by atoms with Gasteiger partial charge < -0.3 is 9.51 Å². The fourth-order valence-corrected chi connectivity index (χ4v) is 3.13. The standard InChI is InChI=1S/C16H16N4O2/c21-16-12-4-1-2-5-13(12)18-15(19-16)14-6-3-7-20(14)9-11-8-17-22-10-11/h1-2,4-5,8,10,14H,3,6-7,9H2,(H,18,19,21). The maximum atomic E-state index is 12.2. The van der Waals surface area contributed by atoms with Crippen molar-refractivity contribution in [3.8, 4) is 0 Å². The molecule has 0 bridgehead atoms. The molecule has 1 unspecified atom stereocenters. The molecule has 2 aromatic heterocycles. The number of fused-ring (bicyclic) bond motifs is 1. The van der Waals surface area contributed by atoms with Crippen molar-refractivity contribution in [3.05, 3.63) is 58.5 Å². The summed E-state index contributed by atoms with van der Waals surface area (Å²) in [6, 6.07) is 7.57. The molecule has 112 valence electrons. The first-order chi connectivity index (χ1) is 10.8. The van der Waals surface area contributed by atoms with Crippen LogP contribution in [0.2, 0.25) is 0 Å². The first kappa shape index (κ1) is 13.2. The molecule has 1 saturated heterocycles. The lowest BCUT2D eigenvalue weighted by molar-refractivity contribution is 0.239. The highest BCUT2D eigenvalue weighted by molar-refractivity contribution is 5.77. The molecule has 1 aliphatic rings. The third-order valence-electron chi connectivity index (χ3n) is 4.18. The van der Waals surface area contributed by atoms with Crippen LogP contribution in [0.1, 0.15) is 30.3 Å². The molecule has 3 aromatic rings. The summed E-state index contributed by atoms with van der Waals surface area (Å²) in [5.41, 5.74) is 1.71. The van der Waals surface area contributed by atoms with E-state index >= 15 is 0 Å². The summed E-state index contributed by atoms with van der Waals surface area (Å²) >= 11 is 0. The van der Waals surface area contributed by atoms with Crippen molar-refractivity contribution in [1.29, 1.82) is 0 Å². The topological polar surface area (TPSA) is 75.0 Å². The molecule has 1 aromatic carbocycles. The number of likely N-dealkylation sites (tertiary alicyclic amines) is 1. The Hall–Kier alpha value is -2.47. The minimum atomic E-state index is -0.0718. The molecule has 0 spiro atoms. The van der Waals surface area contributed by atoms with E-state index in [4.69, 9.17) is 4.52 Å². The highest BCUT2D eigenvalue weighted by atomic mass is 16.5. The van der Waals surface area contributed by atoms with Crippen molar-refractivity contribution in [2.45, 2.75) is 25.4 Å². The van der Waals surface area contributed by atoms with Gasteiger partial charge in [0.2, 0.25) is 0 Å². The minimum Gasteiger partial charge on any atom is -0.364 e. The van der Waals surface area contributed by atoms with E-state index in [0.29, 0.717) is 5.39 Å². The van der Waals surface area contributed by atoms with Crippen molar-refractivity contribution in [2.24, 2.45) is 0 Å². The highest BCUT2D eigenvalue weighted by Crippen LogP contribution is 2.31. The predicted octanol–water partition coefficient (Wildman–Crippen LogP) is 2.25. The SMILES string of the molecule is O=c1[nH]c(C2CCCN2Cc2cnoc2)nc2ccccc12. The van der Waals surface area contributed by atoms with Crippen LogP contribution >= 0.6 is 0 Å². The zero-order valence-corrected chi connectivity index (χ0v) is 12.0. The first-order valence-electron chi connectivity index (χ1n) is 7.42. The Labute approximate surface area is 126 Å². The van der Waals surface area contributed by atoms with Gasteiger partial charge in [0.05, 0.1) is 23.1 Å². The van der Waals surface area contributed by atoms with E-state index in [1.807, 2.05) is 18.2 Å². The van der Waals surface area contributed by atoms with Gasteiger partial charge in [-0.15, -0.1) is 0 Å². The third kappa shape index (κ3) is 2.31. The normalized spacial score (nSPS) is 19.0. The first-order valence-corrected chi connectivity index (χ1v) is 7.42. The molecule has 4 rings (SSSR count). The van der Waals surface area contributed by atoms with E-state index < -0.39 is 0 Å². The van der Waals surface area contributed by atoms with Crippen LogP contribution in [0.3, 0.4) is 0 Å². The molecule has 0 amide bonds. The molecule has 0 radical (unpaired) electrons. The van der Waals surface area contributed by atoms with E-state index in [2.05, 4.69) is 20.0 Å². The van der Waals surface area contributed by atoms with E-state index in [1.165, 1.54) is 0 Å². The smallest absolute Gasteiger partial charge is 0.258 e. The van der Waals surface area contributed by atoms with E-state index in [0.717, 1.165) is 42.8 Å². The van der Waals surface area contributed by atoms with Gasteiger partial charge in [-0.25, -0.2) is 4.98 Å². The number of para-hydroxylation sites is 1. The summed E-state index contributed by atoms with van der Waals surface area (Å²) in [7, 11) is 0. The third-order valence-corrected chi connectivity index (χ3v) is 4.18. The van der Waals surface area contributed by atoms with Crippen molar-refractivity contribution in [1.82, 2.24) is 20.0 Å². The van der Waals surface area contributed by atoms with Crippen LogP contribution in [0, 0.1) is 0 Å². The van der Waals surface area contributed by atoms with Crippen LogP contribution in [0.25, 0.3) is 10.9 Å². The number of benzene rings is 1. The fraction of sp³-hybridized carbons (Fsp3) is 0.312. The number of H-pyrrole nitrogens is 1. The van der Waals surface area contributed by atoms with Gasteiger partial charge in [0.1, 0.15) is 12.1 Å².